The number of imide groups is 1. The van der Waals surface area contributed by atoms with Crippen LogP contribution in [0.5, 0.6) is 0 Å². The molecule has 0 radical (unpaired) electrons. The average molecular weight is 512 g/mol. The summed E-state index contributed by atoms with van der Waals surface area (Å²) < 4.78 is 0. The van der Waals surface area contributed by atoms with Gasteiger partial charge in [-0.1, -0.05) is 31.9 Å². The first kappa shape index (κ1) is 19.8. The van der Waals surface area contributed by atoms with Crippen molar-refractivity contribution in [2.75, 3.05) is 5.32 Å². The highest BCUT2D eigenvalue weighted by molar-refractivity contribution is 9.12. The lowest BCUT2D eigenvalue weighted by Crippen LogP contribution is -2.46. The van der Waals surface area contributed by atoms with E-state index in [-0.39, 0.29) is 50.9 Å². The van der Waals surface area contributed by atoms with E-state index in [4.69, 9.17) is 0 Å². The minimum atomic E-state index is -0.889. The van der Waals surface area contributed by atoms with Gasteiger partial charge in [0.05, 0.1) is 11.8 Å². The molecule has 3 aliphatic rings. The molecule has 148 valence electrons. The van der Waals surface area contributed by atoms with Crippen molar-refractivity contribution in [2.45, 2.75) is 36.0 Å². The summed E-state index contributed by atoms with van der Waals surface area (Å²) in [6, 6.07) is 5.63. The van der Waals surface area contributed by atoms with Gasteiger partial charge in [-0.15, -0.1) is 0 Å². The largest absolute Gasteiger partial charge is 0.324 e. The predicted octanol–water partition coefficient (Wildman–Crippen LogP) is 2.99. The van der Waals surface area contributed by atoms with E-state index in [0.29, 0.717) is 11.3 Å². The standard InChI is InChI=1S/C20H20Br2N2O4/c1-8(18(26)23-11-5-3-10(4-6-11)9(2)25)24-19(27)14-12-7-13(15(14)20(24)28)17(22)16(12)21/h3-6,8,12-17H,7H2,1-2H3,(H,23,26)/t8-,12+,13+,14-,15+,16-,17+/m1/s1. The predicted molar refractivity (Wildman–Crippen MR) is 110 cm³/mol. The first-order valence-electron chi connectivity index (χ1n) is 9.29. The van der Waals surface area contributed by atoms with Crippen molar-refractivity contribution in [1.82, 2.24) is 4.90 Å². The number of carbonyl (C=O) groups excluding carboxylic acids is 4. The maximum Gasteiger partial charge on any atom is 0.247 e. The molecular formula is C20H20Br2N2O4. The molecular weight excluding hydrogens is 492 g/mol. The molecule has 2 saturated carbocycles. The number of Topliss-reactive ketones (excluding diaryl/α,β-unsaturated/α-hetero) is 1. The Balaban J connectivity index is 1.50. The summed E-state index contributed by atoms with van der Waals surface area (Å²) in [6.45, 7) is 3.05. The zero-order chi connectivity index (χ0) is 20.3. The van der Waals surface area contributed by atoms with Gasteiger partial charge in [0, 0.05) is 20.9 Å². The molecule has 8 heteroatoms. The van der Waals surface area contributed by atoms with Gasteiger partial charge < -0.3 is 5.32 Å². The third-order valence-electron chi connectivity index (χ3n) is 6.35. The number of nitrogens with zero attached hydrogens (tertiary/aromatic N) is 1. The number of ketones is 1. The Morgan fingerprint density at radius 1 is 1.04 bits per heavy atom. The van der Waals surface area contributed by atoms with E-state index in [1.807, 2.05) is 0 Å². The van der Waals surface area contributed by atoms with Gasteiger partial charge in [-0.25, -0.2) is 0 Å². The average Bonchev–Trinajstić information content (AvgIpc) is 3.26. The van der Waals surface area contributed by atoms with Crippen LogP contribution in [0.15, 0.2) is 24.3 Å². The molecule has 0 spiro atoms. The van der Waals surface area contributed by atoms with Crippen molar-refractivity contribution in [2.24, 2.45) is 23.7 Å². The van der Waals surface area contributed by atoms with Gasteiger partial charge in [-0.3, -0.25) is 24.1 Å². The van der Waals surface area contributed by atoms with E-state index in [1.165, 1.54) is 6.92 Å². The topological polar surface area (TPSA) is 83.6 Å². The zero-order valence-corrected chi connectivity index (χ0v) is 18.6. The van der Waals surface area contributed by atoms with Gasteiger partial charge in [0.25, 0.3) is 0 Å². The van der Waals surface area contributed by atoms with Gasteiger partial charge in [0.15, 0.2) is 5.78 Å². The Morgan fingerprint density at radius 2 is 1.54 bits per heavy atom. The fourth-order valence-electron chi connectivity index (χ4n) is 4.91. The zero-order valence-electron chi connectivity index (χ0n) is 15.4. The number of halogens is 2. The van der Waals surface area contributed by atoms with Crippen molar-refractivity contribution >= 4 is 61.1 Å². The smallest absolute Gasteiger partial charge is 0.247 e. The third kappa shape index (κ3) is 2.87. The van der Waals surface area contributed by atoms with E-state index in [9.17, 15) is 19.2 Å². The molecule has 3 amide bonds. The molecule has 4 rings (SSSR count). The van der Waals surface area contributed by atoms with E-state index in [1.54, 1.807) is 31.2 Å². The molecule has 28 heavy (non-hydrogen) atoms. The summed E-state index contributed by atoms with van der Waals surface area (Å²) in [6.07, 6.45) is 0.857. The van der Waals surface area contributed by atoms with Crippen LogP contribution < -0.4 is 5.32 Å². The first-order valence-corrected chi connectivity index (χ1v) is 11.1. The van der Waals surface area contributed by atoms with E-state index >= 15 is 0 Å². The van der Waals surface area contributed by atoms with Crippen molar-refractivity contribution in [3.8, 4) is 0 Å². The number of amides is 3. The van der Waals surface area contributed by atoms with Gasteiger partial charge in [-0.2, -0.15) is 0 Å². The van der Waals surface area contributed by atoms with Gasteiger partial charge in [-0.05, 0) is 56.4 Å². The molecule has 7 atom stereocenters. The van der Waals surface area contributed by atoms with Crippen LogP contribution in [-0.2, 0) is 14.4 Å². The number of anilines is 1. The van der Waals surface area contributed by atoms with Crippen LogP contribution >= 0.6 is 31.9 Å². The lowest BCUT2D eigenvalue weighted by atomic mass is 9.81. The molecule has 1 aromatic rings. The number of hydrogen-bond donors (Lipinski definition) is 1. The van der Waals surface area contributed by atoms with E-state index in [0.717, 1.165) is 11.3 Å². The fraction of sp³-hybridized carbons (Fsp3) is 0.500. The highest BCUT2D eigenvalue weighted by Crippen LogP contribution is 2.60. The monoisotopic (exact) mass is 510 g/mol. The van der Waals surface area contributed by atoms with Crippen molar-refractivity contribution in [3.05, 3.63) is 29.8 Å². The highest BCUT2D eigenvalue weighted by Gasteiger charge is 2.67. The second kappa shape index (κ2) is 7.06. The number of fused-ring (bicyclic) bond motifs is 5. The number of benzene rings is 1. The molecule has 3 fully saturated rings. The molecule has 0 unspecified atom stereocenters. The number of carbonyl (C=O) groups is 4. The lowest BCUT2D eigenvalue weighted by Gasteiger charge is -2.28. The van der Waals surface area contributed by atoms with Crippen LogP contribution in [0.4, 0.5) is 5.69 Å². The molecule has 1 saturated heterocycles. The van der Waals surface area contributed by atoms with E-state index < -0.39 is 11.9 Å². The second-order valence-electron chi connectivity index (χ2n) is 7.85. The molecule has 1 heterocycles. The Morgan fingerprint density at radius 3 is 2.00 bits per heavy atom. The molecule has 6 nitrogen and oxygen atoms in total. The maximum atomic E-state index is 13.0. The van der Waals surface area contributed by atoms with Gasteiger partial charge in [0.1, 0.15) is 6.04 Å². The lowest BCUT2D eigenvalue weighted by molar-refractivity contribution is -0.146. The van der Waals surface area contributed by atoms with Crippen LogP contribution in [0.1, 0.15) is 30.6 Å². The molecule has 1 N–H and O–H groups in total. The van der Waals surface area contributed by atoms with Gasteiger partial charge >= 0.3 is 0 Å². The number of likely N-dealkylation sites (tertiary alicyclic amines) is 1. The summed E-state index contributed by atoms with van der Waals surface area (Å²) in [4.78, 5) is 51.6. The molecule has 2 bridgehead atoms. The number of hydrogen-bond acceptors (Lipinski definition) is 4. The van der Waals surface area contributed by atoms with Gasteiger partial charge in [0.2, 0.25) is 17.7 Å². The third-order valence-corrected chi connectivity index (χ3v) is 9.55. The van der Waals surface area contributed by atoms with Crippen LogP contribution in [0.25, 0.3) is 0 Å². The van der Waals surface area contributed by atoms with E-state index in [2.05, 4.69) is 37.2 Å². The number of rotatable bonds is 4. The van der Waals surface area contributed by atoms with Crippen LogP contribution in [0.3, 0.4) is 0 Å². The minimum Gasteiger partial charge on any atom is -0.324 e. The molecule has 1 aliphatic heterocycles. The number of alkyl halides is 2. The van der Waals surface area contributed by atoms with Crippen LogP contribution in [0.2, 0.25) is 0 Å². The quantitative estimate of drug-likeness (QED) is 0.382. The van der Waals surface area contributed by atoms with Crippen molar-refractivity contribution in [1.29, 1.82) is 0 Å². The van der Waals surface area contributed by atoms with Crippen LogP contribution in [-0.4, -0.2) is 44.1 Å². The molecule has 2 aliphatic carbocycles. The molecule has 1 aromatic carbocycles. The summed E-state index contributed by atoms with van der Waals surface area (Å²) >= 11 is 7.32. The summed E-state index contributed by atoms with van der Waals surface area (Å²) in [5, 5.41) is 2.73. The minimum absolute atomic E-state index is 0.0594. The fourth-order valence-corrected chi connectivity index (χ4v) is 6.78. The van der Waals surface area contributed by atoms with Crippen molar-refractivity contribution < 1.29 is 19.2 Å². The first-order chi connectivity index (χ1) is 13.2. The summed E-state index contributed by atoms with van der Waals surface area (Å²) in [5.41, 5.74) is 1.06. The second-order valence-corrected chi connectivity index (χ2v) is 9.96. The SMILES string of the molecule is CC(=O)c1ccc(NC(=O)[C@@H](C)N2C(=O)[C@@H]3[C@@H]4C[C@H]([C@H](Br)[C@@H]4Br)[C@@H]3C2=O)cc1. The number of nitrogens with one attached hydrogen (secondary N) is 1. The summed E-state index contributed by atoms with van der Waals surface area (Å²) in [7, 11) is 0. The Bertz CT molecular complexity index is 839. The maximum absolute atomic E-state index is 13.0. The van der Waals surface area contributed by atoms with Crippen LogP contribution in [0, 0.1) is 23.7 Å². The molecule has 0 aromatic heterocycles. The normalized spacial score (nSPS) is 34.5. The Kier molecular flexibility index (Phi) is 4.98. The summed E-state index contributed by atoms with van der Waals surface area (Å²) in [5.74, 6) is -1.37. The highest BCUT2D eigenvalue weighted by atomic mass is 79.9. The Hall–Kier alpha value is -1.54. The Labute approximate surface area is 179 Å². The van der Waals surface area contributed by atoms with Crippen molar-refractivity contribution in [3.63, 3.8) is 0 Å².